The van der Waals surface area contributed by atoms with Crippen LogP contribution in [0.4, 0.5) is 0 Å². The molecule has 1 aliphatic heterocycles. The zero-order valence-electron chi connectivity index (χ0n) is 13.2. The van der Waals surface area contributed by atoms with Gasteiger partial charge in [-0.25, -0.2) is 4.79 Å². The number of carbonyl (C=O) groups excluding carboxylic acids is 3. The molecule has 2 atom stereocenters. The van der Waals surface area contributed by atoms with E-state index in [9.17, 15) is 14.4 Å². The van der Waals surface area contributed by atoms with Crippen molar-refractivity contribution >= 4 is 17.7 Å². The molecule has 0 saturated carbocycles. The summed E-state index contributed by atoms with van der Waals surface area (Å²) < 4.78 is 4.80. The van der Waals surface area contributed by atoms with Crippen LogP contribution in [0.15, 0.2) is 60.7 Å². The summed E-state index contributed by atoms with van der Waals surface area (Å²) >= 11 is 0. The Morgan fingerprint density at radius 2 is 1.58 bits per heavy atom. The van der Waals surface area contributed by atoms with Gasteiger partial charge in [0.2, 0.25) is 0 Å². The van der Waals surface area contributed by atoms with Crippen molar-refractivity contribution in [3.05, 3.63) is 71.8 Å². The highest BCUT2D eigenvalue weighted by Crippen LogP contribution is 2.35. The van der Waals surface area contributed by atoms with Crippen LogP contribution in [0.3, 0.4) is 0 Å². The summed E-state index contributed by atoms with van der Waals surface area (Å²) in [7, 11) is 1.26. The van der Waals surface area contributed by atoms with Gasteiger partial charge in [0.15, 0.2) is 5.78 Å². The van der Waals surface area contributed by atoms with Gasteiger partial charge in [0, 0.05) is 12.0 Å². The SMILES string of the molecule is COC(=O)[C@@H]1CC(=O)[C@@H](c2ccccc2)N1C(=O)c1ccccc1. The van der Waals surface area contributed by atoms with Crippen LogP contribution in [-0.4, -0.2) is 35.7 Å². The van der Waals surface area contributed by atoms with Crippen LogP contribution in [0.25, 0.3) is 0 Å². The summed E-state index contributed by atoms with van der Waals surface area (Å²) in [6.07, 6.45) is -0.0369. The highest BCUT2D eigenvalue weighted by molar-refractivity contribution is 6.04. The molecule has 5 heteroatoms. The first-order valence-corrected chi connectivity index (χ1v) is 7.66. The molecule has 1 aliphatic rings. The molecule has 2 aromatic carbocycles. The second kappa shape index (κ2) is 6.66. The maximum absolute atomic E-state index is 13.0. The molecule has 1 heterocycles. The molecule has 0 spiro atoms. The molecule has 24 heavy (non-hydrogen) atoms. The van der Waals surface area contributed by atoms with E-state index in [1.54, 1.807) is 54.6 Å². The number of hydrogen-bond acceptors (Lipinski definition) is 4. The zero-order valence-corrected chi connectivity index (χ0v) is 13.2. The van der Waals surface area contributed by atoms with Crippen LogP contribution < -0.4 is 0 Å². The largest absolute Gasteiger partial charge is 0.467 e. The van der Waals surface area contributed by atoms with Gasteiger partial charge in [-0.2, -0.15) is 0 Å². The van der Waals surface area contributed by atoms with Crippen molar-refractivity contribution in [3.63, 3.8) is 0 Å². The minimum Gasteiger partial charge on any atom is -0.467 e. The quantitative estimate of drug-likeness (QED) is 0.814. The molecule has 3 rings (SSSR count). The molecule has 1 amide bonds. The maximum atomic E-state index is 13.0. The van der Waals surface area contributed by atoms with E-state index < -0.39 is 18.1 Å². The summed E-state index contributed by atoms with van der Waals surface area (Å²) in [5.41, 5.74) is 1.13. The first-order valence-electron chi connectivity index (χ1n) is 7.66. The first-order chi connectivity index (χ1) is 11.6. The van der Waals surface area contributed by atoms with Crippen molar-refractivity contribution in [3.8, 4) is 0 Å². The number of carbonyl (C=O) groups is 3. The van der Waals surface area contributed by atoms with Gasteiger partial charge in [-0.1, -0.05) is 48.5 Å². The Morgan fingerprint density at radius 3 is 2.17 bits per heavy atom. The van der Waals surface area contributed by atoms with Gasteiger partial charge in [-0.15, -0.1) is 0 Å². The Hall–Kier alpha value is -2.95. The van der Waals surface area contributed by atoms with Crippen molar-refractivity contribution in [1.82, 2.24) is 4.90 Å². The smallest absolute Gasteiger partial charge is 0.329 e. The van der Waals surface area contributed by atoms with Crippen molar-refractivity contribution in [2.24, 2.45) is 0 Å². The van der Waals surface area contributed by atoms with E-state index in [2.05, 4.69) is 0 Å². The Morgan fingerprint density at radius 1 is 1.00 bits per heavy atom. The second-order valence-corrected chi connectivity index (χ2v) is 5.60. The van der Waals surface area contributed by atoms with E-state index in [0.29, 0.717) is 11.1 Å². The van der Waals surface area contributed by atoms with Crippen LogP contribution >= 0.6 is 0 Å². The Kier molecular flexibility index (Phi) is 4.42. The van der Waals surface area contributed by atoms with Gasteiger partial charge in [0.05, 0.1) is 7.11 Å². The summed E-state index contributed by atoms with van der Waals surface area (Å²) in [4.78, 5) is 39.0. The molecule has 122 valence electrons. The molecule has 0 N–H and O–H groups in total. The number of ether oxygens (including phenoxy) is 1. The van der Waals surface area contributed by atoms with Gasteiger partial charge in [-0.05, 0) is 17.7 Å². The summed E-state index contributed by atoms with van der Waals surface area (Å²) in [6, 6.07) is 16.0. The standard InChI is InChI=1S/C19H17NO4/c1-24-19(23)15-12-16(21)17(13-8-4-2-5-9-13)20(15)18(22)14-10-6-3-7-11-14/h2-11,15,17H,12H2,1H3/t15-,17+/m0/s1. The van der Waals surface area contributed by atoms with E-state index in [0.717, 1.165) is 0 Å². The number of amides is 1. The fourth-order valence-corrected chi connectivity index (χ4v) is 3.04. The third kappa shape index (κ3) is 2.80. The third-order valence-electron chi connectivity index (χ3n) is 4.16. The number of benzene rings is 2. The topological polar surface area (TPSA) is 63.7 Å². The van der Waals surface area contributed by atoms with E-state index in [1.165, 1.54) is 12.0 Å². The Labute approximate surface area is 139 Å². The lowest BCUT2D eigenvalue weighted by Crippen LogP contribution is -2.42. The molecule has 0 radical (unpaired) electrons. The lowest BCUT2D eigenvalue weighted by molar-refractivity contribution is -0.145. The highest BCUT2D eigenvalue weighted by atomic mass is 16.5. The van der Waals surface area contributed by atoms with Gasteiger partial charge in [0.25, 0.3) is 5.91 Å². The van der Waals surface area contributed by atoms with Crippen molar-refractivity contribution in [1.29, 1.82) is 0 Å². The normalized spacial score (nSPS) is 20.0. The van der Waals surface area contributed by atoms with Gasteiger partial charge >= 0.3 is 5.97 Å². The number of likely N-dealkylation sites (tertiary alicyclic amines) is 1. The van der Waals surface area contributed by atoms with Crippen LogP contribution in [0.2, 0.25) is 0 Å². The van der Waals surface area contributed by atoms with E-state index in [4.69, 9.17) is 4.74 Å². The number of methoxy groups -OCH3 is 1. The molecule has 0 aromatic heterocycles. The minimum absolute atomic E-state index is 0.0369. The number of esters is 1. The summed E-state index contributed by atoms with van der Waals surface area (Å²) in [5.74, 6) is -1.10. The van der Waals surface area contributed by atoms with Gasteiger partial charge in [0.1, 0.15) is 12.1 Å². The first kappa shape index (κ1) is 15.9. The monoisotopic (exact) mass is 323 g/mol. The number of nitrogens with zero attached hydrogens (tertiary/aromatic N) is 1. The predicted octanol–water partition coefficient (Wildman–Crippen LogP) is 2.38. The molecular weight excluding hydrogens is 306 g/mol. The Balaban J connectivity index is 2.05. The average Bonchev–Trinajstić information content (AvgIpc) is 2.99. The summed E-state index contributed by atoms with van der Waals surface area (Å²) in [6.45, 7) is 0. The van der Waals surface area contributed by atoms with Gasteiger partial charge < -0.3 is 9.64 Å². The number of rotatable bonds is 3. The maximum Gasteiger partial charge on any atom is 0.329 e. The lowest BCUT2D eigenvalue weighted by Gasteiger charge is -2.28. The molecule has 1 saturated heterocycles. The zero-order chi connectivity index (χ0) is 17.1. The van der Waals surface area contributed by atoms with Crippen LogP contribution in [0.1, 0.15) is 28.4 Å². The van der Waals surface area contributed by atoms with Gasteiger partial charge in [-0.3, -0.25) is 9.59 Å². The Bertz CT molecular complexity index is 757. The molecular formula is C19H17NO4. The predicted molar refractivity (Wildman–Crippen MR) is 87.2 cm³/mol. The minimum atomic E-state index is -0.902. The van der Waals surface area contributed by atoms with E-state index >= 15 is 0 Å². The highest BCUT2D eigenvalue weighted by Gasteiger charge is 2.47. The molecule has 2 aromatic rings. The molecule has 0 bridgehead atoms. The fourth-order valence-electron chi connectivity index (χ4n) is 3.04. The van der Waals surface area contributed by atoms with E-state index in [1.807, 2.05) is 6.07 Å². The molecule has 5 nitrogen and oxygen atoms in total. The van der Waals surface area contributed by atoms with Crippen LogP contribution in [0.5, 0.6) is 0 Å². The van der Waals surface area contributed by atoms with Crippen molar-refractivity contribution < 1.29 is 19.1 Å². The summed E-state index contributed by atoms with van der Waals surface area (Å²) in [5, 5.41) is 0. The van der Waals surface area contributed by atoms with Crippen LogP contribution in [0, 0.1) is 0 Å². The van der Waals surface area contributed by atoms with Crippen molar-refractivity contribution in [2.45, 2.75) is 18.5 Å². The molecule has 0 unspecified atom stereocenters. The second-order valence-electron chi connectivity index (χ2n) is 5.60. The number of hydrogen-bond donors (Lipinski definition) is 0. The molecule has 1 fully saturated rings. The fraction of sp³-hybridized carbons (Fsp3) is 0.211. The molecule has 0 aliphatic carbocycles. The number of Topliss-reactive ketones (excluding diaryl/α,β-unsaturated/α-hetero) is 1. The number of ketones is 1. The third-order valence-corrected chi connectivity index (χ3v) is 4.16. The van der Waals surface area contributed by atoms with E-state index in [-0.39, 0.29) is 18.1 Å². The van der Waals surface area contributed by atoms with Crippen LogP contribution in [-0.2, 0) is 14.3 Å². The average molecular weight is 323 g/mol. The lowest BCUT2D eigenvalue weighted by atomic mass is 10.0. The van der Waals surface area contributed by atoms with Crippen molar-refractivity contribution in [2.75, 3.05) is 7.11 Å².